The van der Waals surface area contributed by atoms with E-state index >= 15 is 0 Å². The van der Waals surface area contributed by atoms with Crippen LogP contribution in [0, 0.1) is 0 Å². The van der Waals surface area contributed by atoms with E-state index in [1.54, 1.807) is 16.7 Å². The van der Waals surface area contributed by atoms with Crippen molar-refractivity contribution in [2.45, 2.75) is 72.8 Å². The second-order valence-electron chi connectivity index (χ2n) is 5.29. The molecule has 1 rings (SSSR count). The zero-order chi connectivity index (χ0) is 14.3. The highest BCUT2D eigenvalue weighted by Gasteiger charge is 2.17. The first-order chi connectivity index (χ1) is 9.21. The number of rotatable bonds is 8. The van der Waals surface area contributed by atoms with Crippen LogP contribution in [0.5, 0.6) is 0 Å². The third-order valence-electron chi connectivity index (χ3n) is 3.96. The van der Waals surface area contributed by atoms with Crippen LogP contribution in [0.2, 0.25) is 0 Å². The van der Waals surface area contributed by atoms with Gasteiger partial charge in [0.1, 0.15) is 0 Å². The van der Waals surface area contributed by atoms with Gasteiger partial charge in [-0.1, -0.05) is 53.2 Å². The van der Waals surface area contributed by atoms with Crippen LogP contribution in [0.3, 0.4) is 0 Å². The van der Waals surface area contributed by atoms with Crippen molar-refractivity contribution in [2.75, 3.05) is 6.54 Å². The first-order valence-electron chi connectivity index (χ1n) is 8.09. The Kier molecular flexibility index (Phi) is 7.15. The Morgan fingerprint density at radius 2 is 1.47 bits per heavy atom. The van der Waals surface area contributed by atoms with E-state index in [1.807, 2.05) is 0 Å². The molecule has 0 radical (unpaired) electrons. The van der Waals surface area contributed by atoms with Crippen LogP contribution in [-0.2, 0) is 19.3 Å². The molecule has 1 nitrogen and oxygen atoms in total. The second-order valence-corrected chi connectivity index (χ2v) is 5.29. The van der Waals surface area contributed by atoms with Gasteiger partial charge in [-0.3, -0.25) is 0 Å². The minimum atomic E-state index is 0.533. The summed E-state index contributed by atoms with van der Waals surface area (Å²) in [6.07, 6.45) is 5.89. The standard InChI is InChI=1S/C18H31N/c1-6-11-17(19-10-5)18-15(8-3)12-14(7-2)13-16(18)9-4/h12-13,17,19H,6-11H2,1-5H3. The van der Waals surface area contributed by atoms with E-state index in [0.29, 0.717) is 6.04 Å². The number of nitrogens with one attached hydrogen (secondary N) is 1. The summed E-state index contributed by atoms with van der Waals surface area (Å²) in [4.78, 5) is 0. The van der Waals surface area contributed by atoms with E-state index in [-0.39, 0.29) is 0 Å². The monoisotopic (exact) mass is 261 g/mol. The Bertz CT molecular complexity index is 350. The molecule has 108 valence electrons. The maximum absolute atomic E-state index is 3.69. The molecule has 0 heterocycles. The normalized spacial score (nSPS) is 12.7. The summed E-state index contributed by atoms with van der Waals surface area (Å²) in [5.74, 6) is 0. The Morgan fingerprint density at radius 1 is 0.895 bits per heavy atom. The van der Waals surface area contributed by atoms with Gasteiger partial charge in [-0.05, 0) is 54.5 Å². The average molecular weight is 261 g/mol. The molecular weight excluding hydrogens is 230 g/mol. The first-order valence-corrected chi connectivity index (χ1v) is 8.09. The Balaban J connectivity index is 3.27. The minimum Gasteiger partial charge on any atom is -0.310 e. The lowest BCUT2D eigenvalue weighted by Gasteiger charge is -2.25. The fourth-order valence-electron chi connectivity index (χ4n) is 2.97. The lowest BCUT2D eigenvalue weighted by molar-refractivity contribution is 0.502. The third kappa shape index (κ3) is 4.07. The van der Waals surface area contributed by atoms with E-state index in [4.69, 9.17) is 0 Å². The van der Waals surface area contributed by atoms with Crippen molar-refractivity contribution in [2.24, 2.45) is 0 Å². The Morgan fingerprint density at radius 3 is 1.84 bits per heavy atom. The molecule has 1 unspecified atom stereocenters. The number of benzene rings is 1. The predicted molar refractivity (Wildman–Crippen MR) is 85.9 cm³/mol. The van der Waals surface area contributed by atoms with Gasteiger partial charge in [-0.15, -0.1) is 0 Å². The molecule has 0 saturated heterocycles. The molecule has 1 aromatic rings. The van der Waals surface area contributed by atoms with Gasteiger partial charge >= 0.3 is 0 Å². The molecule has 0 saturated carbocycles. The molecule has 0 aromatic heterocycles. The van der Waals surface area contributed by atoms with Crippen molar-refractivity contribution in [1.82, 2.24) is 5.32 Å². The smallest absolute Gasteiger partial charge is 0.0325 e. The van der Waals surface area contributed by atoms with Crippen molar-refractivity contribution in [3.05, 3.63) is 34.4 Å². The Hall–Kier alpha value is -0.820. The SMILES string of the molecule is CCCC(NCC)c1c(CC)cc(CC)cc1CC. The third-order valence-corrected chi connectivity index (χ3v) is 3.96. The molecule has 0 aliphatic carbocycles. The summed E-state index contributed by atoms with van der Waals surface area (Å²) in [6.45, 7) is 12.4. The summed E-state index contributed by atoms with van der Waals surface area (Å²) < 4.78 is 0. The fourth-order valence-corrected chi connectivity index (χ4v) is 2.97. The molecule has 1 atom stereocenters. The van der Waals surface area contributed by atoms with Crippen molar-refractivity contribution < 1.29 is 0 Å². The van der Waals surface area contributed by atoms with Gasteiger partial charge in [0, 0.05) is 6.04 Å². The quantitative estimate of drug-likeness (QED) is 0.707. The molecule has 0 bridgehead atoms. The van der Waals surface area contributed by atoms with E-state index in [0.717, 1.165) is 25.8 Å². The lowest BCUT2D eigenvalue weighted by Crippen LogP contribution is -2.23. The number of hydrogen-bond donors (Lipinski definition) is 1. The van der Waals surface area contributed by atoms with Crippen molar-refractivity contribution >= 4 is 0 Å². The lowest BCUT2D eigenvalue weighted by atomic mass is 9.87. The van der Waals surface area contributed by atoms with Crippen LogP contribution in [0.1, 0.15) is 75.8 Å². The van der Waals surface area contributed by atoms with Gasteiger partial charge in [-0.2, -0.15) is 0 Å². The summed E-state index contributed by atoms with van der Waals surface area (Å²) in [7, 11) is 0. The van der Waals surface area contributed by atoms with Crippen LogP contribution in [0.4, 0.5) is 0 Å². The fraction of sp³-hybridized carbons (Fsp3) is 0.667. The van der Waals surface area contributed by atoms with Gasteiger partial charge < -0.3 is 5.32 Å². The number of aryl methyl sites for hydroxylation is 3. The maximum Gasteiger partial charge on any atom is 0.0325 e. The molecule has 0 aliphatic heterocycles. The molecule has 0 aliphatic rings. The minimum absolute atomic E-state index is 0.533. The van der Waals surface area contributed by atoms with Crippen molar-refractivity contribution in [1.29, 1.82) is 0 Å². The van der Waals surface area contributed by atoms with E-state index in [1.165, 1.54) is 18.4 Å². The summed E-state index contributed by atoms with van der Waals surface area (Å²) in [6, 6.07) is 5.38. The highest BCUT2D eigenvalue weighted by Crippen LogP contribution is 2.29. The van der Waals surface area contributed by atoms with Crippen LogP contribution < -0.4 is 5.32 Å². The van der Waals surface area contributed by atoms with Crippen LogP contribution in [0.15, 0.2) is 12.1 Å². The van der Waals surface area contributed by atoms with Crippen LogP contribution in [-0.4, -0.2) is 6.54 Å². The highest BCUT2D eigenvalue weighted by molar-refractivity contribution is 5.41. The zero-order valence-corrected chi connectivity index (χ0v) is 13.5. The second kappa shape index (κ2) is 8.37. The summed E-state index contributed by atoms with van der Waals surface area (Å²) in [5.41, 5.74) is 6.18. The topological polar surface area (TPSA) is 12.0 Å². The molecule has 0 spiro atoms. The van der Waals surface area contributed by atoms with Gasteiger partial charge in [0.15, 0.2) is 0 Å². The van der Waals surface area contributed by atoms with Crippen LogP contribution in [0.25, 0.3) is 0 Å². The molecule has 1 heteroatoms. The Labute approximate surface area is 119 Å². The first kappa shape index (κ1) is 16.2. The molecule has 0 fully saturated rings. The average Bonchev–Trinajstić information content (AvgIpc) is 2.45. The van der Waals surface area contributed by atoms with Crippen molar-refractivity contribution in [3.8, 4) is 0 Å². The summed E-state index contributed by atoms with van der Waals surface area (Å²) in [5, 5.41) is 3.69. The molecule has 19 heavy (non-hydrogen) atoms. The van der Waals surface area contributed by atoms with E-state index in [9.17, 15) is 0 Å². The van der Waals surface area contributed by atoms with E-state index in [2.05, 4.69) is 52.1 Å². The molecule has 0 amide bonds. The molecular formula is C18H31N. The van der Waals surface area contributed by atoms with Gasteiger partial charge in [0.05, 0.1) is 0 Å². The largest absolute Gasteiger partial charge is 0.310 e. The van der Waals surface area contributed by atoms with Gasteiger partial charge in [-0.25, -0.2) is 0 Å². The molecule has 1 N–H and O–H groups in total. The highest BCUT2D eigenvalue weighted by atomic mass is 14.9. The molecule has 1 aromatic carbocycles. The number of hydrogen-bond acceptors (Lipinski definition) is 1. The van der Waals surface area contributed by atoms with Gasteiger partial charge in [0.2, 0.25) is 0 Å². The van der Waals surface area contributed by atoms with Crippen LogP contribution >= 0.6 is 0 Å². The van der Waals surface area contributed by atoms with Gasteiger partial charge in [0.25, 0.3) is 0 Å². The summed E-state index contributed by atoms with van der Waals surface area (Å²) >= 11 is 0. The van der Waals surface area contributed by atoms with Crippen molar-refractivity contribution in [3.63, 3.8) is 0 Å². The predicted octanol–water partition coefficient (Wildman–Crippen LogP) is 4.82. The van der Waals surface area contributed by atoms with E-state index < -0.39 is 0 Å². The maximum atomic E-state index is 3.69. The zero-order valence-electron chi connectivity index (χ0n) is 13.5.